The first-order valence-electron chi connectivity index (χ1n) is 3.32. The molecule has 0 bridgehead atoms. The first-order valence-corrected chi connectivity index (χ1v) is 5.15. The van der Waals surface area contributed by atoms with Crippen LogP contribution in [0.2, 0.25) is 0 Å². The molecule has 1 spiro atoms. The molecule has 0 atom stereocenters. The molecule has 1 aliphatic heterocycles. The Balaban J connectivity index is 2.12. The van der Waals surface area contributed by atoms with Crippen LogP contribution in [0.3, 0.4) is 0 Å². The molecule has 2 fully saturated rings. The molecular weight excluding hydrogens is 136 g/mol. The fraction of sp³-hybridized carbons (Fsp3) is 1.00. The van der Waals surface area contributed by atoms with Gasteiger partial charge in [-0.05, 0) is 18.3 Å². The van der Waals surface area contributed by atoms with Gasteiger partial charge in [-0.2, -0.15) is 0 Å². The summed E-state index contributed by atoms with van der Waals surface area (Å²) in [6.07, 6.45) is 3.56. The Hall–Kier alpha value is -0.0500. The van der Waals surface area contributed by atoms with Crippen molar-refractivity contribution in [3.8, 4) is 0 Å². The van der Waals surface area contributed by atoms with Crippen molar-refractivity contribution in [1.29, 1.82) is 0 Å². The molecule has 0 aromatic rings. The second-order valence-corrected chi connectivity index (χ2v) is 5.45. The van der Waals surface area contributed by atoms with E-state index in [1.54, 1.807) is 0 Å². The van der Waals surface area contributed by atoms with Gasteiger partial charge in [0.25, 0.3) is 0 Å². The van der Waals surface area contributed by atoms with Gasteiger partial charge >= 0.3 is 0 Å². The third-order valence-corrected chi connectivity index (χ3v) is 4.57. The fourth-order valence-corrected chi connectivity index (χ4v) is 4.22. The van der Waals surface area contributed by atoms with E-state index in [9.17, 15) is 8.42 Å². The maximum absolute atomic E-state index is 10.7. The van der Waals surface area contributed by atoms with Gasteiger partial charge in [-0.1, -0.05) is 6.42 Å². The summed E-state index contributed by atoms with van der Waals surface area (Å²) in [5, 5.41) is 0. The van der Waals surface area contributed by atoms with Gasteiger partial charge in [0.05, 0.1) is 11.5 Å². The monoisotopic (exact) mass is 146 g/mol. The predicted molar refractivity (Wildman–Crippen MR) is 34.9 cm³/mol. The highest BCUT2D eigenvalue weighted by Crippen LogP contribution is 2.49. The SMILES string of the molecule is O=S1(=O)CC2(CCC2)C1. The Morgan fingerprint density at radius 3 is 1.78 bits per heavy atom. The van der Waals surface area contributed by atoms with Crippen molar-refractivity contribution in [2.45, 2.75) is 19.3 Å². The highest BCUT2D eigenvalue weighted by molar-refractivity contribution is 7.92. The molecular formula is C6H10O2S. The fourth-order valence-electron chi connectivity index (χ4n) is 1.86. The van der Waals surface area contributed by atoms with Crippen LogP contribution in [0, 0.1) is 5.41 Å². The number of hydrogen-bond donors (Lipinski definition) is 0. The Morgan fingerprint density at radius 1 is 1.11 bits per heavy atom. The molecule has 1 saturated carbocycles. The zero-order valence-electron chi connectivity index (χ0n) is 5.26. The first kappa shape index (κ1) is 5.71. The van der Waals surface area contributed by atoms with Crippen LogP contribution in [-0.4, -0.2) is 19.9 Å². The summed E-state index contributed by atoms with van der Waals surface area (Å²) in [7, 11) is -2.55. The van der Waals surface area contributed by atoms with E-state index in [4.69, 9.17) is 0 Å². The number of hydrogen-bond acceptors (Lipinski definition) is 2. The van der Waals surface area contributed by atoms with Crippen LogP contribution in [0.1, 0.15) is 19.3 Å². The van der Waals surface area contributed by atoms with Gasteiger partial charge in [0.15, 0.2) is 9.84 Å². The van der Waals surface area contributed by atoms with Gasteiger partial charge in [-0.25, -0.2) is 8.42 Å². The molecule has 0 aromatic heterocycles. The highest BCUT2D eigenvalue weighted by atomic mass is 32.2. The van der Waals surface area contributed by atoms with E-state index >= 15 is 0 Å². The second-order valence-electron chi connectivity index (χ2n) is 3.39. The van der Waals surface area contributed by atoms with Crippen molar-refractivity contribution in [2.75, 3.05) is 11.5 Å². The zero-order valence-corrected chi connectivity index (χ0v) is 6.08. The summed E-state index contributed by atoms with van der Waals surface area (Å²) in [4.78, 5) is 0. The van der Waals surface area contributed by atoms with Gasteiger partial charge in [0.1, 0.15) is 0 Å². The van der Waals surface area contributed by atoms with Gasteiger partial charge in [0, 0.05) is 0 Å². The van der Waals surface area contributed by atoms with Gasteiger partial charge in [-0.15, -0.1) is 0 Å². The van der Waals surface area contributed by atoms with Crippen LogP contribution in [0.4, 0.5) is 0 Å². The maximum atomic E-state index is 10.7. The molecule has 52 valence electrons. The summed E-state index contributed by atoms with van der Waals surface area (Å²) in [6, 6.07) is 0. The van der Waals surface area contributed by atoms with E-state index in [-0.39, 0.29) is 0 Å². The van der Waals surface area contributed by atoms with Crippen molar-refractivity contribution >= 4 is 9.84 Å². The molecule has 1 saturated heterocycles. The van der Waals surface area contributed by atoms with Crippen LogP contribution in [0.25, 0.3) is 0 Å². The van der Waals surface area contributed by atoms with E-state index in [2.05, 4.69) is 0 Å². The van der Waals surface area contributed by atoms with Crippen LogP contribution >= 0.6 is 0 Å². The molecule has 2 nitrogen and oxygen atoms in total. The average molecular weight is 146 g/mol. The lowest BCUT2D eigenvalue weighted by Crippen LogP contribution is -2.52. The van der Waals surface area contributed by atoms with E-state index in [0.29, 0.717) is 16.9 Å². The lowest BCUT2D eigenvalue weighted by molar-refractivity contribution is 0.174. The Morgan fingerprint density at radius 2 is 1.67 bits per heavy atom. The van der Waals surface area contributed by atoms with Crippen LogP contribution < -0.4 is 0 Å². The highest BCUT2D eigenvalue weighted by Gasteiger charge is 2.51. The largest absolute Gasteiger partial charge is 0.229 e. The van der Waals surface area contributed by atoms with Crippen molar-refractivity contribution in [2.24, 2.45) is 5.41 Å². The summed E-state index contributed by atoms with van der Waals surface area (Å²) >= 11 is 0. The summed E-state index contributed by atoms with van der Waals surface area (Å²) in [5.74, 6) is 0.972. The number of rotatable bonds is 0. The summed E-state index contributed by atoms with van der Waals surface area (Å²) in [5.41, 5.74) is 0.291. The van der Waals surface area contributed by atoms with E-state index < -0.39 is 9.84 Å². The van der Waals surface area contributed by atoms with Gasteiger partial charge < -0.3 is 0 Å². The van der Waals surface area contributed by atoms with Crippen LogP contribution in [-0.2, 0) is 9.84 Å². The van der Waals surface area contributed by atoms with E-state index in [1.807, 2.05) is 0 Å². The van der Waals surface area contributed by atoms with Gasteiger partial charge in [-0.3, -0.25) is 0 Å². The molecule has 0 aromatic carbocycles. The van der Waals surface area contributed by atoms with Gasteiger partial charge in [0.2, 0.25) is 0 Å². The molecule has 0 unspecified atom stereocenters. The van der Waals surface area contributed by atoms with E-state index in [1.165, 1.54) is 6.42 Å². The Bertz CT molecular complexity index is 209. The van der Waals surface area contributed by atoms with Crippen molar-refractivity contribution < 1.29 is 8.42 Å². The smallest absolute Gasteiger partial charge is 0.151 e. The molecule has 3 heteroatoms. The lowest BCUT2D eigenvalue weighted by atomic mass is 9.71. The molecule has 9 heavy (non-hydrogen) atoms. The molecule has 1 aliphatic carbocycles. The van der Waals surface area contributed by atoms with Crippen LogP contribution in [0.5, 0.6) is 0 Å². The molecule has 0 N–H and O–H groups in total. The minimum atomic E-state index is -2.55. The summed E-state index contributed by atoms with van der Waals surface area (Å²) < 4.78 is 21.4. The molecule has 2 rings (SSSR count). The topological polar surface area (TPSA) is 34.1 Å². The molecule has 2 aliphatic rings. The normalized spacial score (nSPS) is 35.1. The Labute approximate surface area is 55.2 Å². The second kappa shape index (κ2) is 1.34. The minimum Gasteiger partial charge on any atom is -0.229 e. The third-order valence-electron chi connectivity index (χ3n) is 2.47. The Kier molecular flexibility index (Phi) is 0.849. The van der Waals surface area contributed by atoms with Crippen LogP contribution in [0.15, 0.2) is 0 Å². The lowest BCUT2D eigenvalue weighted by Gasteiger charge is -2.48. The van der Waals surface area contributed by atoms with Crippen molar-refractivity contribution in [3.63, 3.8) is 0 Å². The molecule has 1 heterocycles. The van der Waals surface area contributed by atoms with Crippen molar-refractivity contribution in [3.05, 3.63) is 0 Å². The maximum Gasteiger partial charge on any atom is 0.151 e. The van der Waals surface area contributed by atoms with E-state index in [0.717, 1.165) is 12.8 Å². The zero-order chi connectivity index (χ0) is 6.54. The molecule has 0 radical (unpaired) electrons. The quantitative estimate of drug-likeness (QED) is 0.501. The minimum absolute atomic E-state index is 0.291. The predicted octanol–water partition coefficient (Wildman–Crippen LogP) is 0.585. The molecule has 0 amide bonds. The standard InChI is InChI=1S/C6H10O2S/c7-9(8)4-6(5-9)2-1-3-6/h1-5H2. The third kappa shape index (κ3) is 0.707. The van der Waals surface area contributed by atoms with Crippen molar-refractivity contribution in [1.82, 2.24) is 0 Å². The summed E-state index contributed by atoms with van der Waals surface area (Å²) in [6.45, 7) is 0. The number of sulfone groups is 1. The average Bonchev–Trinajstić information content (AvgIpc) is 1.54. The first-order chi connectivity index (χ1) is 4.12.